The van der Waals surface area contributed by atoms with E-state index in [1.807, 2.05) is 12.2 Å². The second kappa shape index (κ2) is 11.7. The average molecular weight is 475 g/mol. The van der Waals surface area contributed by atoms with Gasteiger partial charge in [-0.25, -0.2) is 20.0 Å². The second-order valence-corrected chi connectivity index (χ2v) is 9.34. The summed E-state index contributed by atoms with van der Waals surface area (Å²) < 4.78 is 23.5. The van der Waals surface area contributed by atoms with E-state index in [2.05, 4.69) is 40.9 Å². The third kappa shape index (κ3) is 4.77. The lowest BCUT2D eigenvalue weighted by Gasteiger charge is -2.48. The zero-order valence-corrected chi connectivity index (χ0v) is 22.1. The summed E-state index contributed by atoms with van der Waals surface area (Å²) in [5.41, 5.74) is -2.15. The van der Waals surface area contributed by atoms with Gasteiger partial charge < -0.3 is 18.9 Å². The summed E-state index contributed by atoms with van der Waals surface area (Å²) in [6.07, 6.45) is 6.05. The minimum atomic E-state index is -1.07. The van der Waals surface area contributed by atoms with Gasteiger partial charge in [0.15, 0.2) is 11.1 Å². The monoisotopic (exact) mass is 474 g/mol. The van der Waals surface area contributed by atoms with E-state index >= 15 is 0 Å². The third-order valence-electron chi connectivity index (χ3n) is 6.50. The number of aliphatic imine (C=N–C) groups is 4. The smallest absolute Gasteiger partial charge is 0.215 e. The molecule has 8 nitrogen and oxygen atoms in total. The molecule has 190 valence electrons. The van der Waals surface area contributed by atoms with Crippen LogP contribution < -0.4 is 0 Å². The molecule has 0 fully saturated rings. The lowest BCUT2D eigenvalue weighted by Crippen LogP contribution is -2.66. The minimum Gasteiger partial charge on any atom is -0.483 e. The summed E-state index contributed by atoms with van der Waals surface area (Å²) >= 11 is 0. The van der Waals surface area contributed by atoms with Crippen LogP contribution in [0.5, 0.6) is 0 Å². The first-order valence-electron chi connectivity index (χ1n) is 12.0. The Labute approximate surface area is 205 Å². The van der Waals surface area contributed by atoms with Crippen LogP contribution in [0, 0.1) is 11.8 Å². The molecule has 4 atom stereocenters. The van der Waals surface area contributed by atoms with Crippen LogP contribution in [-0.2, 0) is 18.9 Å². The van der Waals surface area contributed by atoms with Gasteiger partial charge in [0, 0.05) is 0 Å². The molecule has 34 heavy (non-hydrogen) atoms. The molecule has 0 spiro atoms. The average Bonchev–Trinajstić information content (AvgIpc) is 2.84. The van der Waals surface area contributed by atoms with Crippen LogP contribution in [0.4, 0.5) is 0 Å². The molecule has 2 rings (SSSR count). The molecule has 0 unspecified atom stereocenters. The van der Waals surface area contributed by atoms with Crippen molar-refractivity contribution in [2.24, 2.45) is 31.8 Å². The molecule has 0 radical (unpaired) electrons. The van der Waals surface area contributed by atoms with E-state index in [9.17, 15) is 0 Å². The molecule has 0 saturated heterocycles. The molecule has 0 aromatic carbocycles. The number of methoxy groups -OCH3 is 4. The van der Waals surface area contributed by atoms with E-state index in [1.165, 1.54) is 0 Å². The molecule has 0 amide bonds. The highest BCUT2D eigenvalue weighted by molar-refractivity contribution is 6.07. The molecule has 2 heterocycles. The second-order valence-electron chi connectivity index (χ2n) is 9.34. The van der Waals surface area contributed by atoms with Crippen molar-refractivity contribution >= 4 is 23.6 Å². The van der Waals surface area contributed by atoms with Gasteiger partial charge in [-0.05, 0) is 37.5 Å². The Morgan fingerprint density at radius 2 is 1.06 bits per heavy atom. The first-order chi connectivity index (χ1) is 16.2. The van der Waals surface area contributed by atoms with Crippen LogP contribution in [0.2, 0.25) is 0 Å². The van der Waals surface area contributed by atoms with Gasteiger partial charge in [-0.15, -0.1) is 13.2 Å². The number of hydrogen-bond acceptors (Lipinski definition) is 8. The van der Waals surface area contributed by atoms with Crippen molar-refractivity contribution in [2.75, 3.05) is 28.4 Å². The van der Waals surface area contributed by atoms with Crippen LogP contribution in [0.3, 0.4) is 0 Å². The Balaban J connectivity index is 2.97. The molecule has 8 heteroatoms. The van der Waals surface area contributed by atoms with Crippen LogP contribution in [-0.4, -0.2) is 75.2 Å². The lowest BCUT2D eigenvalue weighted by molar-refractivity contribution is 0.210. The summed E-state index contributed by atoms with van der Waals surface area (Å²) in [7, 11) is 6.50. The van der Waals surface area contributed by atoms with Gasteiger partial charge in [-0.3, -0.25) is 0 Å². The predicted molar refractivity (Wildman–Crippen MR) is 139 cm³/mol. The Kier molecular flexibility index (Phi) is 9.47. The lowest BCUT2D eigenvalue weighted by atomic mass is 9.69. The van der Waals surface area contributed by atoms with Gasteiger partial charge in [0.2, 0.25) is 23.6 Å². The van der Waals surface area contributed by atoms with Crippen molar-refractivity contribution in [1.29, 1.82) is 0 Å². The molecular formula is C26H42N4O4. The van der Waals surface area contributed by atoms with E-state index in [0.717, 1.165) is 0 Å². The van der Waals surface area contributed by atoms with Crippen molar-refractivity contribution in [3.63, 3.8) is 0 Å². The van der Waals surface area contributed by atoms with Gasteiger partial charge >= 0.3 is 0 Å². The summed E-state index contributed by atoms with van der Waals surface area (Å²) in [6, 6.07) is -0.539. The molecule has 0 aromatic heterocycles. The fraction of sp³-hybridized carbons (Fsp3) is 0.692. The zero-order valence-electron chi connectivity index (χ0n) is 22.1. The predicted octanol–water partition coefficient (Wildman–Crippen LogP) is 4.65. The molecule has 0 aromatic rings. The molecule has 0 aliphatic carbocycles. The number of hydrogen-bond donors (Lipinski definition) is 0. The van der Waals surface area contributed by atoms with Crippen LogP contribution in [0.15, 0.2) is 45.3 Å². The van der Waals surface area contributed by atoms with Gasteiger partial charge in [-0.1, -0.05) is 39.8 Å². The maximum absolute atomic E-state index is 5.98. The largest absolute Gasteiger partial charge is 0.483 e. The quantitative estimate of drug-likeness (QED) is 0.455. The van der Waals surface area contributed by atoms with Gasteiger partial charge in [-0.2, -0.15) is 0 Å². The van der Waals surface area contributed by atoms with Gasteiger partial charge in [0.25, 0.3) is 0 Å². The highest BCUT2D eigenvalue weighted by Crippen LogP contribution is 2.46. The standard InChI is InChI=1S/C26H42N4O4/c1-11-13-15-25(23(33-9)27-19(17(3)4)21(29-25)31-7)26(16-14-12-2)24(34-10)28-20(18(5)6)22(30-26)32-8/h11-12,17-20H,1-2,13-16H2,3-10H3/t19-,20-,25-,26-/m1/s1. The number of nitrogens with zero attached hydrogens (tertiary/aromatic N) is 4. The Bertz CT molecular complexity index is 791. The fourth-order valence-electron chi connectivity index (χ4n) is 4.73. The highest BCUT2D eigenvalue weighted by atomic mass is 16.5. The minimum absolute atomic E-state index is 0.163. The Morgan fingerprint density at radius 3 is 1.29 bits per heavy atom. The first-order valence-corrected chi connectivity index (χ1v) is 12.0. The van der Waals surface area contributed by atoms with Crippen LogP contribution in [0.25, 0.3) is 0 Å². The summed E-state index contributed by atoms with van der Waals surface area (Å²) in [5.74, 6) is 2.35. The third-order valence-corrected chi connectivity index (χ3v) is 6.50. The summed E-state index contributed by atoms with van der Waals surface area (Å²) in [6.45, 7) is 16.2. The number of rotatable bonds is 9. The van der Waals surface area contributed by atoms with Crippen LogP contribution in [0.1, 0.15) is 53.4 Å². The normalized spacial score (nSPS) is 29.0. The van der Waals surface area contributed by atoms with E-state index < -0.39 is 11.1 Å². The highest BCUT2D eigenvalue weighted by Gasteiger charge is 2.63. The van der Waals surface area contributed by atoms with Crippen molar-refractivity contribution in [3.05, 3.63) is 25.3 Å². The van der Waals surface area contributed by atoms with Crippen molar-refractivity contribution < 1.29 is 18.9 Å². The van der Waals surface area contributed by atoms with Crippen molar-refractivity contribution in [3.8, 4) is 0 Å². The Morgan fingerprint density at radius 1 is 0.706 bits per heavy atom. The Hall–Kier alpha value is -2.64. The first kappa shape index (κ1) is 27.6. The maximum Gasteiger partial charge on any atom is 0.215 e. The van der Waals surface area contributed by atoms with Crippen molar-refractivity contribution in [2.45, 2.75) is 76.5 Å². The molecule has 0 N–H and O–H groups in total. The fourth-order valence-corrected chi connectivity index (χ4v) is 4.73. The SMILES string of the molecule is C=CCC[C@@]1([C@]2(CCC=C)N=C(OC)[C@@H](C(C)C)N=C2OC)N=C(OC)[C@@H](C(C)C)N=C1OC. The van der Waals surface area contributed by atoms with Gasteiger partial charge in [0.05, 0.1) is 28.4 Å². The van der Waals surface area contributed by atoms with Crippen LogP contribution >= 0.6 is 0 Å². The summed E-state index contributed by atoms with van der Waals surface area (Å²) in [5, 5.41) is 0. The molecule has 0 bridgehead atoms. The molecule has 2 aliphatic heterocycles. The zero-order chi connectivity index (χ0) is 25.5. The molecule has 2 aliphatic rings. The number of ether oxygens (including phenoxy) is 4. The van der Waals surface area contributed by atoms with E-state index in [4.69, 9.17) is 38.9 Å². The topological polar surface area (TPSA) is 86.4 Å². The van der Waals surface area contributed by atoms with Crippen molar-refractivity contribution in [1.82, 2.24) is 0 Å². The van der Waals surface area contributed by atoms with E-state index in [0.29, 0.717) is 49.3 Å². The maximum atomic E-state index is 5.98. The van der Waals surface area contributed by atoms with Gasteiger partial charge in [0.1, 0.15) is 12.1 Å². The van der Waals surface area contributed by atoms with E-state index in [-0.39, 0.29) is 23.9 Å². The molecular weight excluding hydrogens is 432 g/mol. The molecule has 0 saturated carbocycles. The number of allylic oxidation sites excluding steroid dienone is 2. The summed E-state index contributed by atoms with van der Waals surface area (Å²) in [4.78, 5) is 20.5. The van der Waals surface area contributed by atoms with E-state index in [1.54, 1.807) is 28.4 Å².